The van der Waals surface area contributed by atoms with Gasteiger partial charge in [0.1, 0.15) is 23.2 Å². The topological polar surface area (TPSA) is 64.7 Å². The molecule has 0 radical (unpaired) electrons. The zero-order valence-corrected chi connectivity index (χ0v) is 15.1. The fraction of sp³-hybridized carbons (Fsp3) is 0.278. The average molecular weight is 413 g/mol. The number of hydrogen-bond donors (Lipinski definition) is 1. The van der Waals surface area contributed by atoms with E-state index in [-0.39, 0.29) is 12.2 Å². The van der Waals surface area contributed by atoms with E-state index in [1.807, 2.05) is 0 Å². The van der Waals surface area contributed by atoms with Crippen LogP contribution < -0.4 is 5.32 Å². The summed E-state index contributed by atoms with van der Waals surface area (Å²) in [6.07, 6.45) is -3.31. The summed E-state index contributed by atoms with van der Waals surface area (Å²) >= 11 is 0. The van der Waals surface area contributed by atoms with Crippen LogP contribution in [-0.2, 0) is 11.3 Å². The van der Waals surface area contributed by atoms with Crippen molar-refractivity contribution in [2.45, 2.75) is 32.4 Å². The molecule has 2 aromatic heterocycles. The number of rotatable bonds is 7. The minimum absolute atomic E-state index is 0.246. The van der Waals surface area contributed by atoms with Crippen molar-refractivity contribution in [1.29, 1.82) is 0 Å². The molecule has 0 aliphatic heterocycles. The molecule has 29 heavy (non-hydrogen) atoms. The molecule has 3 rings (SSSR count). The van der Waals surface area contributed by atoms with Crippen molar-refractivity contribution >= 4 is 11.6 Å². The summed E-state index contributed by atoms with van der Waals surface area (Å²) in [7, 11) is 0. The maximum absolute atomic E-state index is 13.2. The first-order valence-corrected chi connectivity index (χ1v) is 8.48. The summed E-state index contributed by atoms with van der Waals surface area (Å²) in [5, 5.41) is 9.94. The third-order valence-electron chi connectivity index (χ3n) is 4.11. The monoisotopic (exact) mass is 413 g/mol. The van der Waals surface area contributed by atoms with E-state index in [0.29, 0.717) is 16.3 Å². The van der Waals surface area contributed by atoms with Gasteiger partial charge >= 0.3 is 0 Å². The van der Waals surface area contributed by atoms with Crippen molar-refractivity contribution in [2.24, 2.45) is 0 Å². The number of halogens is 5. The lowest BCUT2D eigenvalue weighted by molar-refractivity contribution is -0.119. The first kappa shape index (κ1) is 20.5. The van der Waals surface area contributed by atoms with Gasteiger partial charge in [0.2, 0.25) is 5.91 Å². The lowest BCUT2D eigenvalue weighted by Gasteiger charge is -2.14. The highest BCUT2D eigenvalue weighted by Gasteiger charge is 2.27. The second kappa shape index (κ2) is 8.41. The number of amides is 1. The normalized spacial score (nSPS) is 12.6. The van der Waals surface area contributed by atoms with E-state index < -0.39 is 42.0 Å². The quantitative estimate of drug-likeness (QED) is 0.586. The molecular formula is C18H16F5N5O. The number of nitrogens with zero attached hydrogens (tertiary/aromatic N) is 4. The summed E-state index contributed by atoms with van der Waals surface area (Å²) in [6.45, 7) is 1.51. The van der Waals surface area contributed by atoms with E-state index in [0.717, 1.165) is 0 Å². The van der Waals surface area contributed by atoms with Crippen LogP contribution in [0.25, 0.3) is 0 Å². The lowest BCUT2D eigenvalue weighted by atomic mass is 10.2. The molecule has 2 heterocycles. The average Bonchev–Trinajstić information content (AvgIpc) is 3.28. The third kappa shape index (κ3) is 4.79. The maximum Gasteiger partial charge on any atom is 0.282 e. The first-order valence-electron chi connectivity index (χ1n) is 8.48. The van der Waals surface area contributed by atoms with Crippen LogP contribution in [0.2, 0.25) is 0 Å². The van der Waals surface area contributed by atoms with Gasteiger partial charge in [-0.15, -0.1) is 0 Å². The van der Waals surface area contributed by atoms with Crippen molar-refractivity contribution < 1.29 is 26.7 Å². The van der Waals surface area contributed by atoms with Crippen molar-refractivity contribution in [2.75, 3.05) is 5.32 Å². The summed E-state index contributed by atoms with van der Waals surface area (Å²) in [5.41, 5.74) is -0.692. The predicted octanol–water partition coefficient (Wildman–Crippen LogP) is 4.34. The van der Waals surface area contributed by atoms with Crippen LogP contribution in [0, 0.1) is 5.82 Å². The van der Waals surface area contributed by atoms with Gasteiger partial charge in [0, 0.05) is 6.20 Å². The van der Waals surface area contributed by atoms with Crippen LogP contribution >= 0.6 is 0 Å². The van der Waals surface area contributed by atoms with Crippen LogP contribution in [0.4, 0.5) is 27.6 Å². The number of hydrogen-bond acceptors (Lipinski definition) is 3. The Morgan fingerprint density at radius 1 is 1.17 bits per heavy atom. The van der Waals surface area contributed by atoms with Crippen LogP contribution in [0.5, 0.6) is 0 Å². The second-order valence-electron chi connectivity index (χ2n) is 6.26. The highest BCUT2D eigenvalue weighted by Crippen LogP contribution is 2.27. The molecule has 0 aliphatic rings. The molecule has 0 aliphatic carbocycles. The van der Waals surface area contributed by atoms with Gasteiger partial charge in [-0.3, -0.25) is 14.2 Å². The maximum atomic E-state index is 13.2. The number of nitrogens with one attached hydrogen (secondary N) is 1. The standard InChI is InChI=1S/C18H16F5N5O/c1-10(28-15(17(22)23)6-14(26-28)16(20)21)18(29)25-13-7-24-27(9-13)8-11-3-2-4-12(19)5-11/h2-7,9-10,16-17H,8H2,1H3,(H,25,29). The SMILES string of the molecule is CC(C(=O)Nc1cnn(Cc2cccc(F)c2)c1)n1nc(C(F)F)cc1C(F)F. The van der Waals surface area contributed by atoms with Crippen molar-refractivity contribution in [3.63, 3.8) is 0 Å². The van der Waals surface area contributed by atoms with Crippen LogP contribution in [0.3, 0.4) is 0 Å². The van der Waals surface area contributed by atoms with Gasteiger partial charge in [-0.05, 0) is 30.7 Å². The van der Waals surface area contributed by atoms with Gasteiger partial charge in [0.15, 0.2) is 0 Å². The van der Waals surface area contributed by atoms with Gasteiger partial charge in [0.25, 0.3) is 12.9 Å². The minimum atomic E-state index is -3.07. The Morgan fingerprint density at radius 2 is 1.93 bits per heavy atom. The summed E-state index contributed by atoms with van der Waals surface area (Å²) in [6, 6.07) is 5.22. The highest BCUT2D eigenvalue weighted by molar-refractivity contribution is 5.93. The Hall–Kier alpha value is -3.24. The lowest BCUT2D eigenvalue weighted by Crippen LogP contribution is -2.25. The van der Waals surface area contributed by atoms with E-state index >= 15 is 0 Å². The zero-order chi connectivity index (χ0) is 21.1. The molecule has 1 aromatic carbocycles. The fourth-order valence-corrected chi connectivity index (χ4v) is 2.70. The molecule has 0 saturated heterocycles. The van der Waals surface area contributed by atoms with Crippen LogP contribution in [0.1, 0.15) is 42.8 Å². The number of carbonyl (C=O) groups is 1. The van der Waals surface area contributed by atoms with Crippen LogP contribution in [-0.4, -0.2) is 25.5 Å². The molecule has 6 nitrogen and oxygen atoms in total. The summed E-state index contributed by atoms with van der Waals surface area (Å²) in [5.74, 6) is -1.13. The molecule has 0 fully saturated rings. The minimum Gasteiger partial charge on any atom is -0.322 e. The molecule has 154 valence electrons. The van der Waals surface area contributed by atoms with E-state index in [9.17, 15) is 26.7 Å². The second-order valence-corrected chi connectivity index (χ2v) is 6.26. The first-order chi connectivity index (χ1) is 13.7. The van der Waals surface area contributed by atoms with Crippen molar-refractivity contribution in [3.05, 3.63) is 65.5 Å². The Bertz CT molecular complexity index is 1000. The molecule has 1 atom stereocenters. The van der Waals surface area contributed by atoms with Crippen molar-refractivity contribution in [1.82, 2.24) is 19.6 Å². The zero-order valence-electron chi connectivity index (χ0n) is 15.1. The molecule has 1 N–H and O–H groups in total. The molecule has 0 spiro atoms. The number of anilines is 1. The Balaban J connectivity index is 1.71. The van der Waals surface area contributed by atoms with E-state index in [4.69, 9.17) is 0 Å². The highest BCUT2D eigenvalue weighted by atomic mass is 19.3. The number of carbonyl (C=O) groups excluding carboxylic acids is 1. The number of alkyl halides is 4. The van der Waals surface area contributed by atoms with Crippen LogP contribution in [0.15, 0.2) is 42.7 Å². The number of benzene rings is 1. The fourth-order valence-electron chi connectivity index (χ4n) is 2.70. The summed E-state index contributed by atoms with van der Waals surface area (Å²) < 4.78 is 67.1. The molecule has 0 bridgehead atoms. The summed E-state index contributed by atoms with van der Waals surface area (Å²) in [4.78, 5) is 12.4. The molecule has 3 aromatic rings. The van der Waals surface area contributed by atoms with Crippen molar-refractivity contribution in [3.8, 4) is 0 Å². The van der Waals surface area contributed by atoms with Gasteiger partial charge in [-0.2, -0.15) is 10.2 Å². The van der Waals surface area contributed by atoms with Gasteiger partial charge in [0.05, 0.1) is 18.4 Å². The van der Waals surface area contributed by atoms with Gasteiger partial charge < -0.3 is 5.32 Å². The third-order valence-corrected chi connectivity index (χ3v) is 4.11. The Kier molecular flexibility index (Phi) is 5.95. The van der Waals surface area contributed by atoms with Gasteiger partial charge in [-0.1, -0.05) is 12.1 Å². The molecular weight excluding hydrogens is 397 g/mol. The van der Waals surface area contributed by atoms with E-state index in [1.54, 1.807) is 12.1 Å². The molecule has 0 saturated carbocycles. The molecule has 11 heteroatoms. The Labute approximate surface area is 161 Å². The van der Waals surface area contributed by atoms with E-state index in [1.165, 1.54) is 36.1 Å². The number of aromatic nitrogens is 4. The van der Waals surface area contributed by atoms with Gasteiger partial charge in [-0.25, -0.2) is 22.0 Å². The smallest absolute Gasteiger partial charge is 0.282 e. The van der Waals surface area contributed by atoms with E-state index in [2.05, 4.69) is 15.5 Å². The molecule has 1 amide bonds. The largest absolute Gasteiger partial charge is 0.322 e. The Morgan fingerprint density at radius 3 is 2.59 bits per heavy atom. The molecule has 1 unspecified atom stereocenters. The predicted molar refractivity (Wildman–Crippen MR) is 93.2 cm³/mol.